The van der Waals surface area contributed by atoms with Crippen LogP contribution in [0.2, 0.25) is 0 Å². The molecule has 1 amide bonds. The molecule has 4 rings (SSSR count). The second kappa shape index (κ2) is 9.52. The molecule has 0 aliphatic heterocycles. The molecule has 0 aromatic heterocycles. The quantitative estimate of drug-likeness (QED) is 0.329. The van der Waals surface area contributed by atoms with Crippen LogP contribution in [0.5, 0.6) is 0 Å². The summed E-state index contributed by atoms with van der Waals surface area (Å²) in [6.45, 7) is 0.751. The van der Waals surface area contributed by atoms with Crippen molar-refractivity contribution in [2.24, 2.45) is 0 Å². The molecule has 0 bridgehead atoms. The minimum Gasteiger partial charge on any atom is -0.449 e. The van der Waals surface area contributed by atoms with Crippen LogP contribution >= 0.6 is 11.6 Å². The average molecular weight is 416 g/mol. The van der Waals surface area contributed by atoms with E-state index in [2.05, 4.69) is 41.4 Å². The van der Waals surface area contributed by atoms with E-state index in [1.165, 1.54) is 22.3 Å². The highest BCUT2D eigenvalue weighted by atomic mass is 35.5. The highest BCUT2D eigenvalue weighted by Crippen LogP contribution is 2.44. The van der Waals surface area contributed by atoms with Gasteiger partial charge in [0.25, 0.3) is 0 Å². The number of carbonyl (C=O) groups excluding carboxylic acids is 1. The molecule has 3 aromatic carbocycles. The van der Waals surface area contributed by atoms with Gasteiger partial charge < -0.3 is 10.1 Å². The number of hydrogen-bond acceptors (Lipinski definition) is 2. The number of alkyl halides is 1. The van der Waals surface area contributed by atoms with Gasteiger partial charge in [-0.1, -0.05) is 78.6 Å². The molecule has 3 aromatic rings. The van der Waals surface area contributed by atoms with E-state index in [4.69, 9.17) is 16.3 Å². The number of benzene rings is 3. The molecule has 1 aliphatic rings. The van der Waals surface area contributed by atoms with Gasteiger partial charge >= 0.3 is 6.09 Å². The van der Waals surface area contributed by atoms with Gasteiger partial charge in [0.1, 0.15) is 6.61 Å². The van der Waals surface area contributed by atoms with Crippen molar-refractivity contribution >= 4 is 17.7 Å². The smallest absolute Gasteiger partial charge is 0.407 e. The summed E-state index contributed by atoms with van der Waals surface area (Å²) in [5.41, 5.74) is 6.78. The van der Waals surface area contributed by atoms with Crippen LogP contribution in [0.4, 0.5) is 4.79 Å². The highest BCUT2D eigenvalue weighted by Gasteiger charge is 2.28. The topological polar surface area (TPSA) is 38.3 Å². The predicted molar refractivity (Wildman–Crippen MR) is 121 cm³/mol. The molecule has 30 heavy (non-hydrogen) atoms. The number of halogens is 1. The van der Waals surface area contributed by atoms with Crippen LogP contribution in [0.15, 0.2) is 72.8 Å². The number of ether oxygens (including phenoxy) is 1. The number of rotatable bonds is 5. The number of fused-ring (bicyclic) bond motifs is 3. The van der Waals surface area contributed by atoms with Gasteiger partial charge in [-0.25, -0.2) is 4.79 Å². The van der Waals surface area contributed by atoms with E-state index >= 15 is 0 Å². The summed E-state index contributed by atoms with van der Waals surface area (Å²) in [6.07, 6.45) is 0.126. The molecule has 3 nitrogen and oxygen atoms in total. The molecule has 0 saturated heterocycles. The van der Waals surface area contributed by atoms with Crippen molar-refractivity contribution in [1.29, 1.82) is 0 Å². The number of hydrogen-bond donors (Lipinski definition) is 1. The zero-order valence-corrected chi connectivity index (χ0v) is 17.3. The van der Waals surface area contributed by atoms with Crippen LogP contribution < -0.4 is 5.32 Å². The maximum atomic E-state index is 12.2. The van der Waals surface area contributed by atoms with Gasteiger partial charge in [-0.15, -0.1) is 11.6 Å². The summed E-state index contributed by atoms with van der Waals surface area (Å²) in [5, 5.41) is 2.78. The van der Waals surface area contributed by atoms with Gasteiger partial charge in [-0.3, -0.25) is 0 Å². The third kappa shape index (κ3) is 4.35. The molecule has 0 atom stereocenters. The number of carbonyl (C=O) groups is 1. The van der Waals surface area contributed by atoms with Gasteiger partial charge in [-0.2, -0.15) is 0 Å². The summed E-state index contributed by atoms with van der Waals surface area (Å²) in [7, 11) is 0. The van der Waals surface area contributed by atoms with Crippen LogP contribution in [0.1, 0.15) is 34.6 Å². The van der Waals surface area contributed by atoms with Gasteiger partial charge in [0.05, 0.1) is 0 Å². The first-order valence-corrected chi connectivity index (χ1v) is 10.5. The number of alkyl carbamates (subject to hydrolysis) is 1. The van der Waals surface area contributed by atoms with Crippen LogP contribution in [-0.2, 0) is 10.6 Å². The fourth-order valence-corrected chi connectivity index (χ4v) is 4.03. The largest absolute Gasteiger partial charge is 0.449 e. The molecule has 4 heteroatoms. The van der Waals surface area contributed by atoms with Crippen molar-refractivity contribution in [2.75, 3.05) is 13.2 Å². The lowest BCUT2D eigenvalue weighted by molar-refractivity contribution is 0.143. The van der Waals surface area contributed by atoms with Gasteiger partial charge in [0.2, 0.25) is 0 Å². The fraction of sp³-hybridized carbons (Fsp3) is 0.192. The Morgan fingerprint density at radius 1 is 0.933 bits per heavy atom. The fourth-order valence-electron chi connectivity index (χ4n) is 3.79. The molecule has 0 spiro atoms. The third-order valence-electron chi connectivity index (χ3n) is 5.25. The second-order valence-electron chi connectivity index (χ2n) is 7.09. The lowest BCUT2D eigenvalue weighted by atomic mass is 9.98. The van der Waals surface area contributed by atoms with Crippen molar-refractivity contribution in [3.8, 4) is 23.0 Å². The minimum absolute atomic E-state index is 0.0648. The predicted octanol–water partition coefficient (Wildman–Crippen LogP) is 5.71. The molecule has 0 fully saturated rings. The van der Waals surface area contributed by atoms with Crippen molar-refractivity contribution in [3.63, 3.8) is 0 Å². The Bertz CT molecular complexity index is 1070. The van der Waals surface area contributed by atoms with Crippen molar-refractivity contribution in [3.05, 3.63) is 95.1 Å². The van der Waals surface area contributed by atoms with Gasteiger partial charge in [0.15, 0.2) is 0 Å². The van der Waals surface area contributed by atoms with E-state index in [0.29, 0.717) is 25.5 Å². The van der Waals surface area contributed by atoms with E-state index < -0.39 is 6.09 Å². The lowest BCUT2D eigenvalue weighted by Gasteiger charge is -2.14. The van der Waals surface area contributed by atoms with Gasteiger partial charge in [-0.05, 0) is 33.9 Å². The summed E-state index contributed by atoms with van der Waals surface area (Å²) in [5.74, 6) is 6.68. The first kappa shape index (κ1) is 20.1. The average Bonchev–Trinajstić information content (AvgIpc) is 3.11. The van der Waals surface area contributed by atoms with E-state index in [9.17, 15) is 4.79 Å². The molecule has 0 heterocycles. The maximum absolute atomic E-state index is 12.2. The Morgan fingerprint density at radius 2 is 1.57 bits per heavy atom. The normalized spacial score (nSPS) is 11.8. The van der Waals surface area contributed by atoms with Gasteiger partial charge in [0, 0.05) is 30.3 Å². The van der Waals surface area contributed by atoms with E-state index in [0.717, 1.165) is 11.1 Å². The SMILES string of the molecule is O=C(NCCC#Cc1ccccc1CCl)OCC1c2ccccc2-c2ccccc21. The Hall–Kier alpha value is -3.22. The summed E-state index contributed by atoms with van der Waals surface area (Å²) in [4.78, 5) is 12.2. The van der Waals surface area contributed by atoms with E-state index in [1.807, 2.05) is 48.5 Å². The number of nitrogens with one attached hydrogen (secondary N) is 1. The zero-order valence-electron chi connectivity index (χ0n) is 16.5. The molecular weight excluding hydrogens is 394 g/mol. The van der Waals surface area contributed by atoms with Crippen LogP contribution in [0.3, 0.4) is 0 Å². The Morgan fingerprint density at radius 3 is 2.27 bits per heavy atom. The molecule has 0 saturated carbocycles. The summed E-state index contributed by atoms with van der Waals surface area (Å²) >= 11 is 5.92. The molecule has 1 aliphatic carbocycles. The summed E-state index contributed by atoms with van der Waals surface area (Å²) in [6, 6.07) is 24.4. The molecule has 1 N–H and O–H groups in total. The lowest BCUT2D eigenvalue weighted by Crippen LogP contribution is -2.26. The molecule has 150 valence electrons. The Kier molecular flexibility index (Phi) is 6.37. The van der Waals surface area contributed by atoms with Crippen molar-refractivity contribution in [1.82, 2.24) is 5.32 Å². The van der Waals surface area contributed by atoms with Crippen molar-refractivity contribution in [2.45, 2.75) is 18.2 Å². The van der Waals surface area contributed by atoms with E-state index in [-0.39, 0.29) is 5.92 Å². The van der Waals surface area contributed by atoms with Crippen LogP contribution in [0, 0.1) is 11.8 Å². The van der Waals surface area contributed by atoms with Crippen molar-refractivity contribution < 1.29 is 9.53 Å². The number of amides is 1. The monoisotopic (exact) mass is 415 g/mol. The maximum Gasteiger partial charge on any atom is 0.407 e. The molecule has 0 radical (unpaired) electrons. The molecule has 0 unspecified atom stereocenters. The van der Waals surface area contributed by atoms with E-state index in [1.54, 1.807) is 0 Å². The first-order valence-electron chi connectivity index (χ1n) is 9.99. The summed E-state index contributed by atoms with van der Waals surface area (Å²) < 4.78 is 5.53. The first-order chi connectivity index (χ1) is 14.8. The van der Waals surface area contributed by atoms with Crippen LogP contribution in [0.25, 0.3) is 11.1 Å². The second-order valence-corrected chi connectivity index (χ2v) is 7.36. The van der Waals surface area contributed by atoms with Crippen LogP contribution in [-0.4, -0.2) is 19.2 Å². The third-order valence-corrected chi connectivity index (χ3v) is 5.54. The molecular formula is C26H22ClNO2. The standard InChI is InChI=1S/C26H22ClNO2/c27-17-20-11-2-1-9-19(20)10-7-8-16-28-26(29)30-18-25-23-14-5-3-12-21(23)22-13-4-6-15-24(22)25/h1-6,9,11-15,25H,8,16-18H2,(H,28,29). The Balaban J connectivity index is 1.29. The highest BCUT2D eigenvalue weighted by molar-refractivity contribution is 6.17. The Labute approximate surface area is 182 Å². The minimum atomic E-state index is -0.417. The zero-order chi connectivity index (χ0) is 20.8.